The summed E-state index contributed by atoms with van der Waals surface area (Å²) in [5.41, 5.74) is 1.55. The SMILES string of the molecule is CC(=O)Nc1cccc(NC(=O)Cn2nc(C)c([N+](=O)[O-])c2C)c1. The summed E-state index contributed by atoms with van der Waals surface area (Å²) in [7, 11) is 0. The number of anilines is 2. The number of hydrogen-bond acceptors (Lipinski definition) is 5. The summed E-state index contributed by atoms with van der Waals surface area (Å²) in [5, 5.41) is 20.3. The minimum absolute atomic E-state index is 0.0875. The van der Waals surface area contributed by atoms with Gasteiger partial charge in [0, 0.05) is 18.3 Å². The molecule has 0 aliphatic rings. The molecule has 126 valence electrons. The molecule has 0 bridgehead atoms. The number of amides is 2. The molecule has 0 aliphatic carbocycles. The second-order valence-electron chi connectivity index (χ2n) is 5.24. The van der Waals surface area contributed by atoms with Crippen molar-refractivity contribution >= 4 is 28.9 Å². The summed E-state index contributed by atoms with van der Waals surface area (Å²) in [6, 6.07) is 6.67. The van der Waals surface area contributed by atoms with Gasteiger partial charge in [-0.3, -0.25) is 24.4 Å². The molecule has 0 saturated heterocycles. The molecule has 1 aromatic carbocycles. The van der Waals surface area contributed by atoms with Gasteiger partial charge in [0.05, 0.1) is 4.92 Å². The van der Waals surface area contributed by atoms with Crippen LogP contribution in [0, 0.1) is 24.0 Å². The van der Waals surface area contributed by atoms with Gasteiger partial charge in [0.15, 0.2) is 0 Å². The van der Waals surface area contributed by atoms with E-state index in [9.17, 15) is 19.7 Å². The van der Waals surface area contributed by atoms with Gasteiger partial charge in [-0.1, -0.05) is 6.07 Å². The molecule has 2 rings (SSSR count). The Morgan fingerprint density at radius 2 is 1.88 bits per heavy atom. The maximum atomic E-state index is 12.1. The van der Waals surface area contributed by atoms with Crippen LogP contribution in [-0.2, 0) is 16.1 Å². The first kappa shape index (κ1) is 17.1. The Balaban J connectivity index is 2.10. The van der Waals surface area contributed by atoms with Crippen LogP contribution in [-0.4, -0.2) is 26.5 Å². The summed E-state index contributed by atoms with van der Waals surface area (Å²) in [5.74, 6) is -0.594. The Morgan fingerprint density at radius 1 is 1.25 bits per heavy atom. The van der Waals surface area contributed by atoms with Crippen molar-refractivity contribution < 1.29 is 14.5 Å². The lowest BCUT2D eigenvalue weighted by Crippen LogP contribution is -2.20. The van der Waals surface area contributed by atoms with Gasteiger partial charge >= 0.3 is 5.69 Å². The fourth-order valence-corrected chi connectivity index (χ4v) is 2.32. The highest BCUT2D eigenvalue weighted by Gasteiger charge is 2.22. The van der Waals surface area contributed by atoms with Gasteiger partial charge in [-0.15, -0.1) is 0 Å². The van der Waals surface area contributed by atoms with Crippen molar-refractivity contribution in [3.05, 3.63) is 45.8 Å². The summed E-state index contributed by atoms with van der Waals surface area (Å²) < 4.78 is 1.29. The van der Waals surface area contributed by atoms with E-state index in [-0.39, 0.29) is 29.7 Å². The standard InChI is InChI=1S/C15H17N5O4/c1-9-15(20(23)24)10(2)19(18-9)8-14(22)17-13-6-4-5-12(7-13)16-11(3)21/h4-7H,8H2,1-3H3,(H,16,21)(H,17,22). The van der Waals surface area contributed by atoms with Gasteiger partial charge in [0.25, 0.3) is 0 Å². The molecule has 1 heterocycles. The molecule has 1 aromatic heterocycles. The third kappa shape index (κ3) is 3.94. The van der Waals surface area contributed by atoms with Gasteiger partial charge in [-0.2, -0.15) is 5.10 Å². The molecule has 9 nitrogen and oxygen atoms in total. The number of nitrogens with one attached hydrogen (secondary N) is 2. The van der Waals surface area contributed by atoms with Crippen LogP contribution >= 0.6 is 0 Å². The Kier molecular flexibility index (Phi) is 4.93. The summed E-state index contributed by atoms with van der Waals surface area (Å²) in [4.78, 5) is 33.6. The van der Waals surface area contributed by atoms with Gasteiger partial charge in [0.2, 0.25) is 11.8 Å². The number of nitrogens with zero attached hydrogens (tertiary/aromatic N) is 3. The number of carbonyl (C=O) groups excluding carboxylic acids is 2. The first-order chi connectivity index (χ1) is 11.3. The van der Waals surface area contributed by atoms with Crippen LogP contribution in [0.2, 0.25) is 0 Å². The Hall–Kier alpha value is -3.23. The Labute approximate surface area is 137 Å². The van der Waals surface area contributed by atoms with E-state index in [0.29, 0.717) is 17.1 Å². The summed E-state index contributed by atoms with van der Waals surface area (Å²) >= 11 is 0. The average Bonchev–Trinajstić information content (AvgIpc) is 2.72. The van der Waals surface area contributed by atoms with Crippen molar-refractivity contribution in [3.8, 4) is 0 Å². The third-order valence-corrected chi connectivity index (χ3v) is 3.29. The lowest BCUT2D eigenvalue weighted by Gasteiger charge is -2.08. The lowest BCUT2D eigenvalue weighted by atomic mass is 10.2. The lowest BCUT2D eigenvalue weighted by molar-refractivity contribution is -0.386. The van der Waals surface area contributed by atoms with E-state index in [1.807, 2.05) is 0 Å². The molecule has 0 radical (unpaired) electrons. The second-order valence-corrected chi connectivity index (χ2v) is 5.24. The average molecular weight is 331 g/mol. The van der Waals surface area contributed by atoms with Crippen molar-refractivity contribution in [1.29, 1.82) is 0 Å². The predicted octanol–water partition coefficient (Wildman–Crippen LogP) is 2.01. The molecule has 0 unspecified atom stereocenters. The van der Waals surface area contributed by atoms with Crippen molar-refractivity contribution in [2.45, 2.75) is 27.3 Å². The molecule has 0 atom stereocenters. The van der Waals surface area contributed by atoms with Crippen LogP contribution in [0.4, 0.5) is 17.1 Å². The highest BCUT2D eigenvalue weighted by atomic mass is 16.6. The molecular weight excluding hydrogens is 314 g/mol. The van der Waals surface area contributed by atoms with Gasteiger partial charge in [-0.25, -0.2) is 0 Å². The topological polar surface area (TPSA) is 119 Å². The molecule has 2 N–H and O–H groups in total. The van der Waals surface area contributed by atoms with Crippen molar-refractivity contribution in [3.63, 3.8) is 0 Å². The zero-order valence-corrected chi connectivity index (χ0v) is 13.5. The van der Waals surface area contributed by atoms with E-state index in [1.165, 1.54) is 18.5 Å². The summed E-state index contributed by atoms with van der Waals surface area (Å²) in [6.07, 6.45) is 0. The molecular formula is C15H17N5O4. The zero-order chi connectivity index (χ0) is 17.9. The monoisotopic (exact) mass is 331 g/mol. The molecule has 9 heteroatoms. The predicted molar refractivity (Wildman–Crippen MR) is 87.7 cm³/mol. The number of hydrogen-bond donors (Lipinski definition) is 2. The Bertz CT molecular complexity index is 812. The number of nitro groups is 1. The quantitative estimate of drug-likeness (QED) is 0.641. The molecule has 0 aliphatic heterocycles. The number of carbonyl (C=O) groups is 2. The summed E-state index contributed by atoms with van der Waals surface area (Å²) in [6.45, 7) is 4.31. The minimum atomic E-state index is -0.511. The Morgan fingerprint density at radius 3 is 2.42 bits per heavy atom. The maximum absolute atomic E-state index is 12.1. The van der Waals surface area contributed by atoms with Crippen LogP contribution in [0.5, 0.6) is 0 Å². The first-order valence-electron chi connectivity index (χ1n) is 7.14. The maximum Gasteiger partial charge on any atom is 0.312 e. The molecule has 2 amide bonds. The normalized spacial score (nSPS) is 10.3. The highest BCUT2D eigenvalue weighted by Crippen LogP contribution is 2.22. The van der Waals surface area contributed by atoms with Crippen LogP contribution in [0.1, 0.15) is 18.3 Å². The molecule has 0 fully saturated rings. The minimum Gasteiger partial charge on any atom is -0.326 e. The molecule has 2 aromatic rings. The fourth-order valence-electron chi connectivity index (χ4n) is 2.32. The van der Waals surface area contributed by atoms with Gasteiger partial charge in [-0.05, 0) is 32.0 Å². The van der Waals surface area contributed by atoms with Crippen molar-refractivity contribution in [2.75, 3.05) is 10.6 Å². The van der Waals surface area contributed by atoms with Gasteiger partial charge < -0.3 is 10.6 Å². The van der Waals surface area contributed by atoms with Crippen LogP contribution in [0.25, 0.3) is 0 Å². The fraction of sp³-hybridized carbons (Fsp3) is 0.267. The van der Waals surface area contributed by atoms with Crippen LogP contribution < -0.4 is 10.6 Å². The van der Waals surface area contributed by atoms with Gasteiger partial charge in [0.1, 0.15) is 17.9 Å². The third-order valence-electron chi connectivity index (χ3n) is 3.29. The van der Waals surface area contributed by atoms with Crippen molar-refractivity contribution in [1.82, 2.24) is 9.78 Å². The smallest absolute Gasteiger partial charge is 0.312 e. The van der Waals surface area contributed by atoms with E-state index in [0.717, 1.165) is 0 Å². The van der Waals surface area contributed by atoms with E-state index in [1.54, 1.807) is 31.2 Å². The highest BCUT2D eigenvalue weighted by molar-refractivity contribution is 5.93. The van der Waals surface area contributed by atoms with E-state index >= 15 is 0 Å². The second kappa shape index (κ2) is 6.90. The number of benzene rings is 1. The number of aryl methyl sites for hydroxylation is 1. The molecule has 0 saturated carbocycles. The van der Waals surface area contributed by atoms with E-state index < -0.39 is 4.92 Å². The van der Waals surface area contributed by atoms with E-state index in [2.05, 4.69) is 15.7 Å². The number of aromatic nitrogens is 2. The van der Waals surface area contributed by atoms with Crippen LogP contribution in [0.15, 0.2) is 24.3 Å². The van der Waals surface area contributed by atoms with Crippen molar-refractivity contribution in [2.24, 2.45) is 0 Å². The van der Waals surface area contributed by atoms with Crippen LogP contribution in [0.3, 0.4) is 0 Å². The molecule has 24 heavy (non-hydrogen) atoms. The number of rotatable bonds is 5. The molecule has 0 spiro atoms. The first-order valence-corrected chi connectivity index (χ1v) is 7.14. The van der Waals surface area contributed by atoms with E-state index in [4.69, 9.17) is 0 Å². The largest absolute Gasteiger partial charge is 0.326 e. The zero-order valence-electron chi connectivity index (χ0n) is 13.5.